The van der Waals surface area contributed by atoms with Crippen LogP contribution in [0, 0.1) is 0 Å². The summed E-state index contributed by atoms with van der Waals surface area (Å²) in [6.45, 7) is 3.97. The number of halogens is 3. The molecule has 1 aliphatic rings. The van der Waals surface area contributed by atoms with Gasteiger partial charge in [-0.3, -0.25) is 0 Å². The fraction of sp³-hybridized carbons (Fsp3) is 0.778. The average molecular weight is 209 g/mol. The molecule has 0 radical (unpaired) electrons. The van der Waals surface area contributed by atoms with Crippen LogP contribution in [0.15, 0.2) is 11.5 Å². The zero-order valence-electron chi connectivity index (χ0n) is 8.94. The Bertz CT molecular complexity index is 275. The Balaban J connectivity index is 3.14. The van der Waals surface area contributed by atoms with Gasteiger partial charge in [0.1, 0.15) is 12.2 Å². The Morgan fingerprint density at radius 2 is 2.00 bits per heavy atom. The Kier molecular flexibility index (Phi) is 2.56. The first-order valence-electron chi connectivity index (χ1n) is 4.66. The van der Waals surface area contributed by atoms with Crippen molar-refractivity contribution >= 4 is 0 Å². The molecule has 0 fully saturated rings. The summed E-state index contributed by atoms with van der Waals surface area (Å²) in [5, 5.41) is 0.999. The van der Waals surface area contributed by atoms with Crippen LogP contribution in [-0.4, -0.2) is 29.2 Å². The highest BCUT2D eigenvalue weighted by Crippen LogP contribution is 2.46. The fourth-order valence-electron chi connectivity index (χ4n) is 1.80. The van der Waals surface area contributed by atoms with E-state index in [-0.39, 0.29) is 12.2 Å². The minimum atomic E-state index is -2.59. The Hall–Kier alpha value is -0.710. The molecule has 0 spiro atoms. The first-order chi connectivity index (χ1) is 6.29. The molecule has 2 atom stereocenters. The van der Waals surface area contributed by atoms with Gasteiger partial charge in [0.2, 0.25) is 5.83 Å². The van der Waals surface area contributed by atoms with Crippen LogP contribution in [0.4, 0.5) is 13.3 Å². The summed E-state index contributed by atoms with van der Waals surface area (Å²) < 4.78 is 41.4. The second-order valence-electron chi connectivity index (χ2n) is 3.78. The highest BCUT2D eigenvalue weighted by molar-refractivity contribution is 5.13. The molecule has 1 rings (SSSR count). The van der Waals surface area contributed by atoms with Gasteiger partial charge in [-0.05, 0) is 13.3 Å². The first-order valence-corrected chi connectivity index (χ1v) is 4.66. The van der Waals surface area contributed by atoms with E-state index in [2.05, 4.69) is 0 Å². The summed E-state index contributed by atoms with van der Waals surface area (Å²) in [6.07, 6.45) is 0.445. The Labute approximate surface area is 82.1 Å². The lowest BCUT2D eigenvalue weighted by atomic mass is 10.2. The number of nitrogens with zero attached hydrogens (tertiary/aromatic N) is 2. The second kappa shape index (κ2) is 3.15. The highest BCUT2D eigenvalue weighted by Gasteiger charge is 2.64. The third-order valence-electron chi connectivity index (χ3n) is 2.84. The minimum Gasteiger partial charge on any atom is -0.199 e. The minimum absolute atomic E-state index is 0.0194. The lowest BCUT2D eigenvalue weighted by Gasteiger charge is -2.34. The monoisotopic (exact) mass is 209 g/mol. The number of alkyl halides is 1. The van der Waals surface area contributed by atoms with Crippen LogP contribution < -0.4 is 0 Å². The third-order valence-corrected chi connectivity index (χ3v) is 2.84. The predicted molar refractivity (Wildman–Crippen MR) is 47.6 cm³/mol. The molecule has 0 aromatic carbocycles. The molecule has 0 bridgehead atoms. The van der Waals surface area contributed by atoms with Crippen LogP contribution >= 0.6 is 0 Å². The SMILES string of the molecule is CCC[N+]1(F)N(C)C(C)=C(F)C1(C)F. The number of hydrogen-bond donors (Lipinski definition) is 0. The topological polar surface area (TPSA) is 3.24 Å². The zero-order chi connectivity index (χ0) is 11.1. The molecule has 1 heterocycles. The summed E-state index contributed by atoms with van der Waals surface area (Å²) in [4.78, 5) is -1.53. The van der Waals surface area contributed by atoms with Crippen molar-refractivity contribution in [3.05, 3.63) is 11.5 Å². The number of allylic oxidation sites excluding steroid dienone is 1. The van der Waals surface area contributed by atoms with Crippen molar-refractivity contribution in [1.29, 1.82) is 0 Å². The maximum atomic E-state index is 14.2. The molecule has 14 heavy (non-hydrogen) atoms. The largest absolute Gasteiger partial charge is 0.350 e. The fourth-order valence-corrected chi connectivity index (χ4v) is 1.80. The van der Waals surface area contributed by atoms with E-state index in [1.165, 1.54) is 14.0 Å². The number of rotatable bonds is 2. The van der Waals surface area contributed by atoms with E-state index in [0.717, 1.165) is 11.9 Å². The smallest absolute Gasteiger partial charge is 0.199 e. The second-order valence-corrected chi connectivity index (χ2v) is 3.78. The van der Waals surface area contributed by atoms with Crippen molar-refractivity contribution in [1.82, 2.24) is 5.01 Å². The van der Waals surface area contributed by atoms with Gasteiger partial charge < -0.3 is 0 Å². The van der Waals surface area contributed by atoms with Crippen molar-refractivity contribution in [3.63, 3.8) is 0 Å². The molecule has 0 saturated carbocycles. The van der Waals surface area contributed by atoms with Crippen LogP contribution in [0.3, 0.4) is 0 Å². The van der Waals surface area contributed by atoms with Gasteiger partial charge in [-0.15, -0.1) is 0 Å². The molecule has 0 amide bonds. The third kappa shape index (κ3) is 1.15. The van der Waals surface area contributed by atoms with E-state index in [1.807, 2.05) is 0 Å². The van der Waals surface area contributed by atoms with Crippen LogP contribution in [0.5, 0.6) is 0 Å². The van der Waals surface area contributed by atoms with E-state index in [1.54, 1.807) is 6.92 Å². The maximum Gasteiger partial charge on any atom is 0.350 e. The van der Waals surface area contributed by atoms with Crippen molar-refractivity contribution in [2.24, 2.45) is 0 Å². The van der Waals surface area contributed by atoms with Crippen molar-refractivity contribution < 1.29 is 18.1 Å². The van der Waals surface area contributed by atoms with Gasteiger partial charge >= 0.3 is 5.79 Å². The van der Waals surface area contributed by atoms with Crippen molar-refractivity contribution in [2.45, 2.75) is 33.0 Å². The molecule has 0 aromatic heterocycles. The Morgan fingerprint density at radius 1 is 1.50 bits per heavy atom. The predicted octanol–water partition coefficient (Wildman–Crippen LogP) is 2.84. The normalized spacial score (nSPS) is 38.4. The quantitative estimate of drug-likeness (QED) is 0.499. The summed E-state index contributed by atoms with van der Waals surface area (Å²) in [7, 11) is 1.36. The maximum absolute atomic E-state index is 14.2. The van der Waals surface area contributed by atoms with Crippen LogP contribution in [0.25, 0.3) is 0 Å². The molecule has 0 saturated heterocycles. The van der Waals surface area contributed by atoms with Gasteiger partial charge in [0.15, 0.2) is 0 Å². The number of quaternary nitrogens is 1. The van der Waals surface area contributed by atoms with Gasteiger partial charge in [0.25, 0.3) is 0 Å². The van der Waals surface area contributed by atoms with Crippen molar-refractivity contribution in [2.75, 3.05) is 13.6 Å². The van der Waals surface area contributed by atoms with Gasteiger partial charge in [-0.2, -0.15) is 13.8 Å². The van der Waals surface area contributed by atoms with Gasteiger partial charge in [0.05, 0.1) is 7.05 Å². The average Bonchev–Trinajstić information content (AvgIpc) is 2.22. The molecular formula is C9H16F3N2+. The Morgan fingerprint density at radius 3 is 2.29 bits per heavy atom. The van der Waals surface area contributed by atoms with E-state index >= 15 is 0 Å². The van der Waals surface area contributed by atoms with E-state index in [4.69, 9.17) is 0 Å². The van der Waals surface area contributed by atoms with E-state index in [9.17, 15) is 13.3 Å². The summed E-state index contributed by atoms with van der Waals surface area (Å²) in [5.41, 5.74) is 0.0194. The lowest BCUT2D eigenvalue weighted by molar-refractivity contribution is -1.18. The van der Waals surface area contributed by atoms with Gasteiger partial charge in [-0.25, -0.2) is 0 Å². The summed E-state index contributed by atoms with van der Waals surface area (Å²) in [6, 6.07) is 0. The molecule has 1 aliphatic heterocycles. The number of hydrogen-bond acceptors (Lipinski definition) is 1. The van der Waals surface area contributed by atoms with E-state index < -0.39 is 16.4 Å². The van der Waals surface area contributed by atoms with Gasteiger partial charge in [0, 0.05) is 16.2 Å². The summed E-state index contributed by atoms with van der Waals surface area (Å²) in [5.74, 6) is -3.61. The standard InChI is InChI=1S/C9H16F3N2/c1-5-6-14(12)9(3,11)8(10)7(2)13(14)4/h5-6H2,1-4H3/q+1. The molecule has 2 nitrogen and oxygen atoms in total. The molecule has 82 valence electrons. The molecule has 0 N–H and O–H groups in total. The molecule has 0 aliphatic carbocycles. The molecule has 0 aromatic rings. The lowest BCUT2D eigenvalue weighted by Crippen LogP contribution is -2.58. The van der Waals surface area contributed by atoms with Crippen LogP contribution in [0.2, 0.25) is 0 Å². The summed E-state index contributed by atoms with van der Waals surface area (Å²) >= 11 is 0. The van der Waals surface area contributed by atoms with Crippen molar-refractivity contribution in [3.8, 4) is 0 Å². The van der Waals surface area contributed by atoms with Crippen LogP contribution in [0.1, 0.15) is 27.2 Å². The molecule has 2 unspecified atom stereocenters. The zero-order valence-corrected chi connectivity index (χ0v) is 8.94. The highest BCUT2D eigenvalue weighted by atomic mass is 19.2. The first kappa shape index (κ1) is 11.4. The van der Waals surface area contributed by atoms with Gasteiger partial charge in [-0.1, -0.05) is 6.92 Å². The van der Waals surface area contributed by atoms with Crippen LogP contribution in [-0.2, 0) is 0 Å². The van der Waals surface area contributed by atoms with E-state index in [0.29, 0.717) is 6.42 Å². The molecular weight excluding hydrogens is 193 g/mol. The molecule has 5 heteroatoms.